The van der Waals surface area contributed by atoms with Crippen LogP contribution >= 0.6 is 0 Å². The molecule has 0 amide bonds. The molecule has 0 bridgehead atoms. The van der Waals surface area contributed by atoms with E-state index in [4.69, 9.17) is 9.47 Å². The van der Waals surface area contributed by atoms with E-state index in [0.29, 0.717) is 25.5 Å². The summed E-state index contributed by atoms with van der Waals surface area (Å²) in [5, 5.41) is 20.3. The Morgan fingerprint density at radius 1 is 1.50 bits per heavy atom. The van der Waals surface area contributed by atoms with Crippen molar-refractivity contribution in [1.82, 2.24) is 20.2 Å². The number of ether oxygens (including phenoxy) is 2. The molecule has 8 heteroatoms. The van der Waals surface area contributed by atoms with Gasteiger partial charge in [0, 0.05) is 7.11 Å². The van der Waals surface area contributed by atoms with Crippen molar-refractivity contribution < 1.29 is 19.4 Å². The highest BCUT2D eigenvalue weighted by atomic mass is 16.5. The van der Waals surface area contributed by atoms with Crippen LogP contribution in [0.25, 0.3) is 0 Å². The van der Waals surface area contributed by atoms with E-state index in [-0.39, 0.29) is 6.61 Å². The van der Waals surface area contributed by atoms with Crippen molar-refractivity contribution in [3.8, 4) is 0 Å². The van der Waals surface area contributed by atoms with Crippen LogP contribution in [-0.2, 0) is 26.4 Å². The molecular formula is C10H18N4O4. The minimum Gasteiger partial charge on any atom is -0.479 e. The minimum atomic E-state index is -1.16. The Kier molecular flexibility index (Phi) is 5.17. The van der Waals surface area contributed by atoms with Gasteiger partial charge in [0.25, 0.3) is 0 Å². The van der Waals surface area contributed by atoms with Crippen LogP contribution in [0.5, 0.6) is 0 Å². The van der Waals surface area contributed by atoms with E-state index in [1.165, 1.54) is 4.68 Å². The monoisotopic (exact) mass is 258 g/mol. The molecule has 1 heterocycles. The predicted octanol–water partition coefficient (Wildman–Crippen LogP) is 0.0459. The standard InChI is InChI=1S/C10H18N4O4/c1-4-10(2,9(15)16)14-8(11-12-13-14)7-18-6-5-17-3/h4-7H2,1-3H3,(H,15,16). The molecule has 0 saturated heterocycles. The molecule has 102 valence electrons. The zero-order valence-electron chi connectivity index (χ0n) is 10.8. The van der Waals surface area contributed by atoms with Gasteiger partial charge in [0.1, 0.15) is 6.61 Å². The Labute approximate surface area is 105 Å². The Bertz CT molecular complexity index is 395. The number of tetrazole rings is 1. The van der Waals surface area contributed by atoms with Gasteiger partial charge in [0.05, 0.1) is 13.2 Å². The predicted molar refractivity (Wildman–Crippen MR) is 60.9 cm³/mol. The first-order valence-electron chi connectivity index (χ1n) is 5.64. The van der Waals surface area contributed by atoms with Gasteiger partial charge >= 0.3 is 5.97 Å². The largest absolute Gasteiger partial charge is 0.479 e. The first-order valence-corrected chi connectivity index (χ1v) is 5.64. The van der Waals surface area contributed by atoms with Gasteiger partial charge in [-0.1, -0.05) is 6.92 Å². The molecule has 8 nitrogen and oxygen atoms in total. The van der Waals surface area contributed by atoms with Crippen molar-refractivity contribution in [1.29, 1.82) is 0 Å². The van der Waals surface area contributed by atoms with Crippen molar-refractivity contribution in [2.75, 3.05) is 20.3 Å². The number of carboxylic acids is 1. The summed E-state index contributed by atoms with van der Waals surface area (Å²) in [6.07, 6.45) is 0.373. The van der Waals surface area contributed by atoms with Gasteiger partial charge in [-0.2, -0.15) is 0 Å². The van der Waals surface area contributed by atoms with Crippen LogP contribution in [0.1, 0.15) is 26.1 Å². The molecule has 1 rings (SSSR count). The molecule has 0 aliphatic rings. The highest BCUT2D eigenvalue weighted by Gasteiger charge is 2.36. The van der Waals surface area contributed by atoms with Crippen LogP contribution < -0.4 is 0 Å². The summed E-state index contributed by atoms with van der Waals surface area (Å²) in [6, 6.07) is 0. The molecule has 0 spiro atoms. The summed E-state index contributed by atoms with van der Waals surface area (Å²) in [6.45, 7) is 4.36. The number of carboxylic acid groups (broad SMARTS) is 1. The summed E-state index contributed by atoms with van der Waals surface area (Å²) in [4.78, 5) is 11.3. The van der Waals surface area contributed by atoms with Crippen LogP contribution in [0.2, 0.25) is 0 Å². The first kappa shape index (κ1) is 14.5. The molecule has 1 unspecified atom stereocenters. The number of rotatable bonds is 8. The molecule has 1 aromatic heterocycles. The van der Waals surface area contributed by atoms with Crippen molar-refractivity contribution in [3.05, 3.63) is 5.82 Å². The third kappa shape index (κ3) is 3.02. The summed E-state index contributed by atoms with van der Waals surface area (Å²) in [7, 11) is 1.58. The van der Waals surface area contributed by atoms with Gasteiger partial charge < -0.3 is 14.6 Å². The lowest BCUT2D eigenvalue weighted by Crippen LogP contribution is -2.40. The lowest BCUT2D eigenvalue weighted by Gasteiger charge is -2.23. The summed E-state index contributed by atoms with van der Waals surface area (Å²) < 4.78 is 11.4. The number of hydrogen-bond acceptors (Lipinski definition) is 6. The van der Waals surface area contributed by atoms with Gasteiger partial charge in [0.15, 0.2) is 11.4 Å². The van der Waals surface area contributed by atoms with Crippen LogP contribution in [0.4, 0.5) is 0 Å². The number of methoxy groups -OCH3 is 1. The third-order valence-corrected chi connectivity index (χ3v) is 2.81. The van der Waals surface area contributed by atoms with Crippen molar-refractivity contribution in [2.45, 2.75) is 32.4 Å². The Hall–Kier alpha value is -1.54. The number of nitrogens with zero attached hydrogens (tertiary/aromatic N) is 4. The lowest BCUT2D eigenvalue weighted by atomic mass is 9.99. The van der Waals surface area contributed by atoms with E-state index in [9.17, 15) is 9.90 Å². The van der Waals surface area contributed by atoms with Crippen molar-refractivity contribution in [3.63, 3.8) is 0 Å². The summed E-state index contributed by atoms with van der Waals surface area (Å²) in [5.41, 5.74) is -1.16. The maximum Gasteiger partial charge on any atom is 0.331 e. The van der Waals surface area contributed by atoms with Gasteiger partial charge in [-0.3, -0.25) is 0 Å². The fraction of sp³-hybridized carbons (Fsp3) is 0.800. The second-order valence-electron chi connectivity index (χ2n) is 3.98. The maximum atomic E-state index is 11.3. The molecular weight excluding hydrogens is 240 g/mol. The highest BCUT2D eigenvalue weighted by Crippen LogP contribution is 2.20. The molecule has 1 N–H and O–H groups in total. The molecule has 0 radical (unpaired) electrons. The van der Waals surface area contributed by atoms with E-state index < -0.39 is 11.5 Å². The molecule has 18 heavy (non-hydrogen) atoms. The fourth-order valence-corrected chi connectivity index (χ4v) is 1.38. The smallest absolute Gasteiger partial charge is 0.331 e. The van der Waals surface area contributed by atoms with Gasteiger partial charge in [0.2, 0.25) is 0 Å². The lowest BCUT2D eigenvalue weighted by molar-refractivity contribution is -0.147. The van der Waals surface area contributed by atoms with Gasteiger partial charge in [-0.25, -0.2) is 9.48 Å². The Balaban J connectivity index is 2.78. The quantitative estimate of drug-likeness (QED) is 0.657. The normalized spacial score (nSPS) is 14.4. The maximum absolute atomic E-state index is 11.3. The first-order chi connectivity index (χ1) is 8.56. The average Bonchev–Trinajstić information content (AvgIpc) is 2.82. The number of aliphatic carboxylic acids is 1. The van der Waals surface area contributed by atoms with E-state index in [2.05, 4.69) is 15.5 Å². The molecule has 0 aliphatic heterocycles. The van der Waals surface area contributed by atoms with Crippen molar-refractivity contribution >= 4 is 5.97 Å². The zero-order chi connectivity index (χ0) is 13.6. The molecule has 1 aromatic rings. The number of hydrogen-bond donors (Lipinski definition) is 1. The Morgan fingerprint density at radius 3 is 2.78 bits per heavy atom. The van der Waals surface area contributed by atoms with Crippen LogP contribution in [0.15, 0.2) is 0 Å². The SMILES string of the molecule is CCC(C)(C(=O)O)n1nnnc1COCCOC. The molecule has 0 aromatic carbocycles. The van der Waals surface area contributed by atoms with Gasteiger partial charge in [-0.05, 0) is 23.8 Å². The zero-order valence-corrected chi connectivity index (χ0v) is 10.8. The van der Waals surface area contributed by atoms with Crippen LogP contribution in [-0.4, -0.2) is 51.6 Å². The second-order valence-corrected chi connectivity index (χ2v) is 3.98. The second kappa shape index (κ2) is 6.41. The van der Waals surface area contributed by atoms with E-state index in [1.54, 1.807) is 21.0 Å². The van der Waals surface area contributed by atoms with Crippen LogP contribution in [0.3, 0.4) is 0 Å². The molecule has 1 atom stereocenters. The van der Waals surface area contributed by atoms with Crippen molar-refractivity contribution in [2.24, 2.45) is 0 Å². The fourth-order valence-electron chi connectivity index (χ4n) is 1.38. The molecule has 0 fully saturated rings. The molecule has 0 aliphatic carbocycles. The third-order valence-electron chi connectivity index (χ3n) is 2.81. The van der Waals surface area contributed by atoms with E-state index >= 15 is 0 Å². The topological polar surface area (TPSA) is 99.4 Å². The van der Waals surface area contributed by atoms with Crippen LogP contribution in [0, 0.1) is 0 Å². The highest BCUT2D eigenvalue weighted by molar-refractivity contribution is 5.76. The molecule has 0 saturated carbocycles. The average molecular weight is 258 g/mol. The minimum absolute atomic E-state index is 0.152. The Morgan fingerprint density at radius 2 is 2.22 bits per heavy atom. The van der Waals surface area contributed by atoms with E-state index in [0.717, 1.165) is 0 Å². The number of aromatic nitrogens is 4. The summed E-state index contributed by atoms with van der Waals surface area (Å²) >= 11 is 0. The van der Waals surface area contributed by atoms with Gasteiger partial charge in [-0.15, -0.1) is 5.10 Å². The number of carbonyl (C=O) groups is 1. The summed E-state index contributed by atoms with van der Waals surface area (Å²) in [5.74, 6) is -0.590. The van der Waals surface area contributed by atoms with E-state index in [1.807, 2.05) is 0 Å².